The van der Waals surface area contributed by atoms with E-state index >= 15 is 0 Å². The van der Waals surface area contributed by atoms with Crippen LogP contribution in [0.15, 0.2) is 29.5 Å². The maximum absolute atomic E-state index is 11.7. The molecule has 1 aromatic carbocycles. The SMILES string of the molecule is COC(=O)c1cccc(I)c1NC(C#N)=C(C#N)C#N. The highest BCUT2D eigenvalue weighted by atomic mass is 127. The summed E-state index contributed by atoms with van der Waals surface area (Å²) in [6.07, 6.45) is 0. The Hall–Kier alpha value is -2.57. The minimum atomic E-state index is -0.584. The van der Waals surface area contributed by atoms with Crippen molar-refractivity contribution in [1.29, 1.82) is 15.8 Å². The van der Waals surface area contributed by atoms with E-state index in [1.165, 1.54) is 13.2 Å². The molecule has 0 fully saturated rings. The molecule has 0 aliphatic carbocycles. The van der Waals surface area contributed by atoms with E-state index in [1.54, 1.807) is 30.3 Å². The highest BCUT2D eigenvalue weighted by Crippen LogP contribution is 2.25. The molecule has 0 aliphatic heterocycles. The van der Waals surface area contributed by atoms with E-state index in [0.717, 1.165) is 0 Å². The highest BCUT2D eigenvalue weighted by molar-refractivity contribution is 14.1. The Bertz CT molecular complexity index is 689. The Morgan fingerprint density at radius 1 is 1.25 bits per heavy atom. The highest BCUT2D eigenvalue weighted by Gasteiger charge is 2.16. The van der Waals surface area contributed by atoms with E-state index < -0.39 is 5.97 Å². The number of rotatable bonds is 3. The van der Waals surface area contributed by atoms with Crippen LogP contribution < -0.4 is 5.32 Å². The molecule has 20 heavy (non-hydrogen) atoms. The monoisotopic (exact) mass is 378 g/mol. The van der Waals surface area contributed by atoms with Gasteiger partial charge >= 0.3 is 5.97 Å². The molecule has 0 radical (unpaired) electrons. The second kappa shape index (κ2) is 7.13. The van der Waals surface area contributed by atoms with E-state index in [-0.39, 0.29) is 16.8 Å². The van der Waals surface area contributed by atoms with Gasteiger partial charge < -0.3 is 10.1 Å². The number of methoxy groups -OCH3 is 1. The molecule has 0 saturated heterocycles. The van der Waals surface area contributed by atoms with Gasteiger partial charge in [0, 0.05) is 3.57 Å². The standard InChI is InChI=1S/C13H7IN4O2/c1-20-13(19)9-3-2-4-10(14)12(9)18-11(7-17)8(5-15)6-16/h2-4,18H,1H3. The fraction of sp³-hybridized carbons (Fsp3) is 0.0769. The molecular formula is C13H7IN4O2. The first-order valence-electron chi connectivity index (χ1n) is 5.17. The number of nitrogens with one attached hydrogen (secondary N) is 1. The molecule has 6 nitrogen and oxygen atoms in total. The smallest absolute Gasteiger partial charge is 0.340 e. The van der Waals surface area contributed by atoms with Crippen molar-refractivity contribution in [2.75, 3.05) is 12.4 Å². The van der Waals surface area contributed by atoms with E-state index in [4.69, 9.17) is 15.8 Å². The Morgan fingerprint density at radius 3 is 2.40 bits per heavy atom. The number of hydrogen-bond acceptors (Lipinski definition) is 6. The topological polar surface area (TPSA) is 110 Å². The van der Waals surface area contributed by atoms with Gasteiger partial charge in [-0.2, -0.15) is 15.8 Å². The third kappa shape index (κ3) is 3.25. The summed E-state index contributed by atoms with van der Waals surface area (Å²) in [5, 5.41) is 29.2. The van der Waals surface area contributed by atoms with Crippen molar-refractivity contribution in [2.24, 2.45) is 0 Å². The first kappa shape index (κ1) is 15.5. The summed E-state index contributed by atoms with van der Waals surface area (Å²) in [6, 6.07) is 9.86. The second-order valence-corrected chi connectivity index (χ2v) is 4.53. The lowest BCUT2D eigenvalue weighted by Crippen LogP contribution is -2.10. The lowest BCUT2D eigenvalue weighted by molar-refractivity contribution is 0.0602. The van der Waals surface area contributed by atoms with Crippen LogP contribution in [0.4, 0.5) is 5.69 Å². The average molecular weight is 378 g/mol. The lowest BCUT2D eigenvalue weighted by Gasteiger charge is -2.11. The Kier molecular flexibility index (Phi) is 5.52. The largest absolute Gasteiger partial charge is 0.465 e. The molecule has 0 amide bonds. The van der Waals surface area contributed by atoms with Crippen LogP contribution >= 0.6 is 22.6 Å². The van der Waals surface area contributed by atoms with Crippen molar-refractivity contribution in [1.82, 2.24) is 0 Å². The molecule has 0 saturated carbocycles. The number of allylic oxidation sites excluding steroid dienone is 2. The normalized spacial score (nSPS) is 8.55. The number of anilines is 1. The number of para-hydroxylation sites is 1. The summed E-state index contributed by atoms with van der Waals surface area (Å²) < 4.78 is 5.30. The summed E-state index contributed by atoms with van der Waals surface area (Å²) in [4.78, 5) is 11.7. The van der Waals surface area contributed by atoms with Gasteiger partial charge in [-0.25, -0.2) is 4.79 Å². The number of nitrogens with zero attached hydrogens (tertiary/aromatic N) is 3. The number of carbonyl (C=O) groups is 1. The maximum atomic E-state index is 11.7. The number of carbonyl (C=O) groups excluding carboxylic acids is 1. The third-order valence-corrected chi connectivity index (χ3v) is 3.15. The fourth-order valence-corrected chi connectivity index (χ4v) is 1.97. The molecule has 0 aliphatic rings. The molecule has 7 heteroatoms. The number of benzene rings is 1. The van der Waals surface area contributed by atoms with Gasteiger partial charge in [0.15, 0.2) is 5.57 Å². The first-order chi connectivity index (χ1) is 9.58. The van der Waals surface area contributed by atoms with Crippen LogP contribution in [0.25, 0.3) is 0 Å². The molecular weight excluding hydrogens is 371 g/mol. The summed E-state index contributed by atoms with van der Waals surface area (Å²) >= 11 is 1.96. The Balaban J connectivity index is 3.40. The van der Waals surface area contributed by atoms with E-state index in [2.05, 4.69) is 10.1 Å². The quantitative estimate of drug-likeness (QED) is 0.491. The van der Waals surface area contributed by atoms with Gasteiger partial charge in [0.25, 0.3) is 0 Å². The molecule has 1 N–H and O–H groups in total. The van der Waals surface area contributed by atoms with Gasteiger partial charge in [0.05, 0.1) is 18.4 Å². The summed E-state index contributed by atoms with van der Waals surface area (Å²) in [5.41, 5.74) is -0.0471. The Morgan fingerprint density at radius 2 is 1.90 bits per heavy atom. The van der Waals surface area contributed by atoms with Gasteiger partial charge in [-0.15, -0.1) is 0 Å². The number of hydrogen-bond donors (Lipinski definition) is 1. The van der Waals surface area contributed by atoms with Crippen molar-refractivity contribution in [3.05, 3.63) is 38.6 Å². The van der Waals surface area contributed by atoms with Crippen LogP contribution in [0.2, 0.25) is 0 Å². The minimum absolute atomic E-state index is 0.211. The van der Waals surface area contributed by atoms with Gasteiger partial charge in [-0.05, 0) is 34.7 Å². The van der Waals surface area contributed by atoms with Crippen LogP contribution in [0.5, 0.6) is 0 Å². The van der Waals surface area contributed by atoms with Crippen LogP contribution in [0.3, 0.4) is 0 Å². The molecule has 0 aromatic heterocycles. The molecule has 98 valence electrons. The molecule has 0 spiro atoms. The number of ether oxygens (including phenoxy) is 1. The average Bonchev–Trinajstić information content (AvgIpc) is 2.47. The van der Waals surface area contributed by atoms with Gasteiger partial charge in [-0.3, -0.25) is 0 Å². The summed E-state index contributed by atoms with van der Waals surface area (Å²) in [5.74, 6) is -0.584. The molecule has 1 aromatic rings. The van der Waals surface area contributed by atoms with Crippen LogP contribution in [-0.2, 0) is 4.74 Å². The fourth-order valence-electron chi connectivity index (χ4n) is 1.34. The predicted molar refractivity (Wildman–Crippen MR) is 78.0 cm³/mol. The molecule has 0 unspecified atom stereocenters. The Labute approximate surface area is 129 Å². The zero-order chi connectivity index (χ0) is 15.1. The van der Waals surface area contributed by atoms with E-state index in [1.807, 2.05) is 22.6 Å². The van der Waals surface area contributed by atoms with Crippen LogP contribution in [0.1, 0.15) is 10.4 Å². The summed E-state index contributed by atoms with van der Waals surface area (Å²) in [6.45, 7) is 0. The van der Waals surface area contributed by atoms with Crippen LogP contribution in [0, 0.1) is 37.6 Å². The maximum Gasteiger partial charge on any atom is 0.340 e. The van der Waals surface area contributed by atoms with Crippen molar-refractivity contribution in [3.63, 3.8) is 0 Å². The summed E-state index contributed by atoms with van der Waals surface area (Å²) in [7, 11) is 1.24. The van der Waals surface area contributed by atoms with Gasteiger partial charge in [-0.1, -0.05) is 6.07 Å². The van der Waals surface area contributed by atoms with E-state index in [9.17, 15) is 4.79 Å². The van der Waals surface area contributed by atoms with E-state index in [0.29, 0.717) is 9.26 Å². The van der Waals surface area contributed by atoms with Gasteiger partial charge in [0.2, 0.25) is 0 Å². The number of nitriles is 3. The lowest BCUT2D eigenvalue weighted by atomic mass is 10.1. The third-order valence-electron chi connectivity index (χ3n) is 2.25. The van der Waals surface area contributed by atoms with Crippen LogP contribution in [-0.4, -0.2) is 13.1 Å². The molecule has 0 heterocycles. The van der Waals surface area contributed by atoms with Crippen molar-refractivity contribution < 1.29 is 9.53 Å². The zero-order valence-electron chi connectivity index (χ0n) is 10.3. The van der Waals surface area contributed by atoms with Gasteiger partial charge in [0.1, 0.15) is 23.9 Å². The number of halogens is 1. The zero-order valence-corrected chi connectivity index (χ0v) is 12.4. The molecule has 1 rings (SSSR count). The molecule has 0 bridgehead atoms. The molecule has 0 atom stereocenters. The van der Waals surface area contributed by atoms with Crippen molar-refractivity contribution in [3.8, 4) is 18.2 Å². The minimum Gasteiger partial charge on any atom is -0.465 e. The second-order valence-electron chi connectivity index (χ2n) is 3.36. The van der Waals surface area contributed by atoms with Crippen molar-refractivity contribution >= 4 is 34.2 Å². The first-order valence-corrected chi connectivity index (χ1v) is 6.25. The number of esters is 1. The predicted octanol–water partition coefficient (Wildman–Crippen LogP) is 2.31. The van der Waals surface area contributed by atoms with Crippen molar-refractivity contribution in [2.45, 2.75) is 0 Å².